The molecule has 1 aromatic rings. The Hall–Kier alpha value is -2.77. The van der Waals surface area contributed by atoms with Gasteiger partial charge in [-0.2, -0.15) is 4.31 Å². The molecule has 0 radical (unpaired) electrons. The van der Waals surface area contributed by atoms with Gasteiger partial charge in [0.25, 0.3) is 0 Å². The molecular formula is C21H26F3N3O6S. The topological polar surface area (TPSA) is 97.4 Å². The summed E-state index contributed by atoms with van der Waals surface area (Å²) >= 11 is 0. The molecule has 2 aliphatic rings. The predicted molar refractivity (Wildman–Crippen MR) is 115 cm³/mol. The summed E-state index contributed by atoms with van der Waals surface area (Å²) in [6.07, 6.45) is -3.26. The molecule has 1 amide bonds. The first-order chi connectivity index (χ1) is 15.8. The van der Waals surface area contributed by atoms with E-state index in [1.54, 1.807) is 13.0 Å². The molecule has 3 rings (SSSR count). The number of piperidine rings is 1. The van der Waals surface area contributed by atoms with Crippen LogP contribution in [-0.2, 0) is 19.6 Å². The van der Waals surface area contributed by atoms with Crippen LogP contribution in [0.2, 0.25) is 0 Å². The van der Waals surface area contributed by atoms with Crippen LogP contribution in [0.4, 0.5) is 18.0 Å². The number of hydroxylamine groups is 1. The van der Waals surface area contributed by atoms with Gasteiger partial charge in [-0.25, -0.2) is 18.7 Å². The van der Waals surface area contributed by atoms with Gasteiger partial charge < -0.3 is 14.4 Å². The van der Waals surface area contributed by atoms with Crippen LogP contribution in [0.15, 0.2) is 53.3 Å². The Bertz CT molecular complexity index is 1050. The van der Waals surface area contributed by atoms with Crippen molar-refractivity contribution in [2.75, 3.05) is 26.2 Å². The smallest absolute Gasteiger partial charge is 0.406 e. The first-order valence-electron chi connectivity index (χ1n) is 10.5. The molecule has 1 N–H and O–H groups in total. The molecule has 1 aromatic carbocycles. The molecule has 0 unspecified atom stereocenters. The summed E-state index contributed by atoms with van der Waals surface area (Å²) in [5, 5.41) is 0. The van der Waals surface area contributed by atoms with Crippen molar-refractivity contribution in [2.24, 2.45) is 0 Å². The van der Waals surface area contributed by atoms with Crippen molar-refractivity contribution in [3.8, 4) is 5.75 Å². The Balaban J connectivity index is 1.61. The second-order valence-corrected chi connectivity index (χ2v) is 9.98. The molecule has 0 aliphatic carbocycles. The maximum atomic E-state index is 12.9. The summed E-state index contributed by atoms with van der Waals surface area (Å²) in [6.45, 7) is 8.37. The van der Waals surface area contributed by atoms with Crippen LogP contribution >= 0.6 is 0 Å². The molecule has 34 heavy (non-hydrogen) atoms. The number of likely N-dealkylation sites (N-methyl/N-ethyl adjacent to an activating group) is 1. The number of benzene rings is 1. The van der Waals surface area contributed by atoms with Crippen LogP contribution in [0.5, 0.6) is 5.75 Å². The maximum absolute atomic E-state index is 12.9. The van der Waals surface area contributed by atoms with Gasteiger partial charge in [0.1, 0.15) is 11.4 Å². The lowest BCUT2D eigenvalue weighted by Gasteiger charge is -2.35. The number of hydrogen-bond donors (Lipinski definition) is 1. The molecule has 0 atom stereocenters. The lowest BCUT2D eigenvalue weighted by Crippen LogP contribution is -2.46. The van der Waals surface area contributed by atoms with Crippen molar-refractivity contribution in [3.05, 3.63) is 48.4 Å². The van der Waals surface area contributed by atoms with Crippen molar-refractivity contribution in [3.63, 3.8) is 0 Å². The van der Waals surface area contributed by atoms with Crippen LogP contribution in [-0.4, -0.2) is 61.9 Å². The molecule has 2 aliphatic heterocycles. The molecule has 1 spiro atoms. The van der Waals surface area contributed by atoms with Gasteiger partial charge in [0.05, 0.1) is 4.90 Å². The van der Waals surface area contributed by atoms with Gasteiger partial charge in [0.2, 0.25) is 15.9 Å². The number of amides is 1. The number of nitrogens with one attached hydrogen (secondary N) is 1. The highest BCUT2D eigenvalue weighted by Crippen LogP contribution is 2.34. The lowest BCUT2D eigenvalue weighted by molar-refractivity contribution is -0.274. The van der Waals surface area contributed by atoms with Gasteiger partial charge in [-0.1, -0.05) is 12.2 Å². The van der Waals surface area contributed by atoms with Crippen molar-refractivity contribution in [1.29, 1.82) is 0 Å². The second-order valence-electron chi connectivity index (χ2n) is 8.04. The fourth-order valence-electron chi connectivity index (χ4n) is 3.60. The fourth-order valence-corrected chi connectivity index (χ4v) is 5.05. The normalized spacial score (nSPS) is 18.2. The highest BCUT2D eigenvalue weighted by molar-refractivity contribution is 7.89. The van der Waals surface area contributed by atoms with Gasteiger partial charge in [0, 0.05) is 32.3 Å². The van der Waals surface area contributed by atoms with E-state index in [4.69, 9.17) is 9.57 Å². The Morgan fingerprint density at radius 1 is 1.26 bits per heavy atom. The third-order valence-electron chi connectivity index (χ3n) is 5.31. The van der Waals surface area contributed by atoms with Crippen LogP contribution < -0.4 is 10.2 Å². The van der Waals surface area contributed by atoms with Crippen LogP contribution in [0.1, 0.15) is 26.7 Å². The number of hydrogen-bond acceptors (Lipinski definition) is 7. The monoisotopic (exact) mass is 505 g/mol. The summed E-state index contributed by atoms with van der Waals surface area (Å²) in [4.78, 5) is 19.3. The Morgan fingerprint density at radius 2 is 1.88 bits per heavy atom. The maximum Gasteiger partial charge on any atom is 0.573 e. The number of nitrogens with zero attached hydrogens (tertiary/aromatic N) is 2. The van der Waals surface area contributed by atoms with Gasteiger partial charge in [0.15, 0.2) is 0 Å². The number of halogens is 3. The fraction of sp³-hybridized carbons (Fsp3) is 0.476. The summed E-state index contributed by atoms with van der Waals surface area (Å²) in [5.41, 5.74) is 2.54. The number of ether oxygens (including phenoxy) is 2. The Labute approximate surface area is 195 Å². The van der Waals surface area contributed by atoms with E-state index in [1.807, 2.05) is 6.92 Å². The average molecular weight is 506 g/mol. The summed E-state index contributed by atoms with van der Waals surface area (Å²) in [5.74, 6) is -0.381. The highest BCUT2D eigenvalue weighted by atomic mass is 32.2. The van der Waals surface area contributed by atoms with E-state index in [0.717, 1.165) is 29.8 Å². The SMILES string of the molecule is C=C(C)CN(CC)C(=O)OC1=CC2(CCN(S(=O)(=O)c3ccc(OC(F)(F)F)cc3)CC2)ON1. The standard InChI is InChI=1S/C21H26F3N3O6S/c1-4-26(14-15(2)3)19(28)31-18-13-20(33-25-18)9-11-27(12-10-20)34(29,30)17-7-5-16(6-8-17)32-21(22,23)24/h5-8,13,25H,2,4,9-12,14H2,1,3H3. The zero-order valence-electron chi connectivity index (χ0n) is 18.7. The first-order valence-corrected chi connectivity index (χ1v) is 11.9. The quantitative estimate of drug-likeness (QED) is 0.567. The predicted octanol–water partition coefficient (Wildman–Crippen LogP) is 3.52. The number of alkyl halides is 3. The molecule has 188 valence electrons. The van der Waals surface area contributed by atoms with E-state index in [2.05, 4.69) is 16.8 Å². The first kappa shape index (κ1) is 25.8. The Morgan fingerprint density at radius 3 is 2.41 bits per heavy atom. The highest BCUT2D eigenvalue weighted by Gasteiger charge is 2.43. The molecule has 1 saturated heterocycles. The van der Waals surface area contributed by atoms with E-state index in [-0.39, 0.29) is 36.7 Å². The van der Waals surface area contributed by atoms with Crippen molar-refractivity contribution in [1.82, 2.24) is 14.7 Å². The second kappa shape index (κ2) is 9.84. The number of carbonyl (C=O) groups excluding carboxylic acids is 1. The van der Waals surface area contributed by atoms with E-state index in [1.165, 1.54) is 9.21 Å². The molecule has 2 heterocycles. The van der Waals surface area contributed by atoms with Crippen LogP contribution in [0, 0.1) is 0 Å². The van der Waals surface area contributed by atoms with E-state index in [9.17, 15) is 26.4 Å². The zero-order chi connectivity index (χ0) is 25.1. The van der Waals surface area contributed by atoms with Gasteiger partial charge >= 0.3 is 12.5 Å². The zero-order valence-corrected chi connectivity index (χ0v) is 19.5. The third-order valence-corrected chi connectivity index (χ3v) is 7.22. The summed E-state index contributed by atoms with van der Waals surface area (Å²) in [7, 11) is -3.93. The van der Waals surface area contributed by atoms with Gasteiger partial charge in [-0.05, 0) is 51.0 Å². The minimum absolute atomic E-state index is 0.0965. The molecule has 13 heteroatoms. The molecule has 0 bridgehead atoms. The van der Waals surface area contributed by atoms with E-state index < -0.39 is 33.8 Å². The summed E-state index contributed by atoms with van der Waals surface area (Å²) in [6, 6.07) is 4.03. The molecule has 9 nitrogen and oxygen atoms in total. The van der Waals surface area contributed by atoms with Crippen molar-refractivity contribution < 1.29 is 40.7 Å². The largest absolute Gasteiger partial charge is 0.573 e. The average Bonchev–Trinajstić information content (AvgIpc) is 3.13. The van der Waals surface area contributed by atoms with Crippen LogP contribution in [0.3, 0.4) is 0 Å². The lowest BCUT2D eigenvalue weighted by atomic mass is 9.93. The number of rotatable bonds is 7. The van der Waals surface area contributed by atoms with Crippen molar-refractivity contribution in [2.45, 2.75) is 43.5 Å². The number of sulfonamides is 1. The van der Waals surface area contributed by atoms with Crippen LogP contribution in [0.25, 0.3) is 0 Å². The van der Waals surface area contributed by atoms with E-state index in [0.29, 0.717) is 13.1 Å². The number of carbonyl (C=O) groups is 1. The molecule has 0 saturated carbocycles. The van der Waals surface area contributed by atoms with Gasteiger partial charge in [-0.15, -0.1) is 13.2 Å². The third kappa shape index (κ3) is 6.21. The van der Waals surface area contributed by atoms with Crippen molar-refractivity contribution >= 4 is 16.1 Å². The molecular weight excluding hydrogens is 479 g/mol. The van der Waals surface area contributed by atoms with E-state index >= 15 is 0 Å². The minimum Gasteiger partial charge on any atom is -0.406 e. The molecule has 1 fully saturated rings. The Kier molecular flexibility index (Phi) is 7.48. The van der Waals surface area contributed by atoms with Gasteiger partial charge in [-0.3, -0.25) is 4.84 Å². The minimum atomic E-state index is -4.86. The summed E-state index contributed by atoms with van der Waals surface area (Å²) < 4.78 is 73.1. The molecule has 0 aromatic heterocycles.